The first kappa shape index (κ1) is 12.9. The number of hydrogen-bond acceptors (Lipinski definition) is 2. The normalized spacial score (nSPS) is 13.9. The third-order valence-corrected chi connectivity index (χ3v) is 2.12. The second-order valence-electron chi connectivity index (χ2n) is 3.39. The number of aliphatic hydroxyl groups is 1. The van der Waals surface area contributed by atoms with Crippen molar-refractivity contribution >= 4 is 0 Å². The summed E-state index contributed by atoms with van der Waals surface area (Å²) in [5, 5.41) is 8.60. The number of hydrogen-bond donors (Lipinski definition) is 2. The van der Waals surface area contributed by atoms with Crippen molar-refractivity contribution in [1.29, 1.82) is 0 Å². The molecule has 1 aromatic rings. The highest BCUT2D eigenvalue weighted by Crippen LogP contribution is 2.31. The summed E-state index contributed by atoms with van der Waals surface area (Å²) in [5.74, 6) is -0.988. The van der Waals surface area contributed by atoms with E-state index in [1.165, 1.54) is 0 Å². The lowest BCUT2D eigenvalue weighted by atomic mass is 10.0. The summed E-state index contributed by atoms with van der Waals surface area (Å²) in [7, 11) is 0. The smallest absolute Gasteiger partial charge is 0.396 e. The van der Waals surface area contributed by atoms with Crippen LogP contribution in [0.5, 0.6) is 0 Å². The largest absolute Gasteiger partial charge is 0.416 e. The Morgan fingerprint density at radius 3 is 2.38 bits per heavy atom. The van der Waals surface area contributed by atoms with E-state index in [4.69, 9.17) is 10.8 Å². The minimum atomic E-state index is -4.60. The van der Waals surface area contributed by atoms with Crippen LogP contribution in [0.3, 0.4) is 0 Å². The molecule has 16 heavy (non-hydrogen) atoms. The van der Waals surface area contributed by atoms with Gasteiger partial charge in [-0.15, -0.1) is 0 Å². The van der Waals surface area contributed by atoms with Gasteiger partial charge in [0.1, 0.15) is 5.82 Å². The molecule has 0 saturated carbocycles. The second-order valence-corrected chi connectivity index (χ2v) is 3.39. The van der Waals surface area contributed by atoms with Crippen molar-refractivity contribution in [3.8, 4) is 0 Å². The van der Waals surface area contributed by atoms with Crippen molar-refractivity contribution in [2.75, 3.05) is 6.61 Å². The minimum absolute atomic E-state index is 0.0291. The molecule has 0 spiro atoms. The van der Waals surface area contributed by atoms with Crippen LogP contribution >= 0.6 is 0 Å². The molecule has 0 saturated heterocycles. The molecule has 3 N–H and O–H groups in total. The van der Waals surface area contributed by atoms with Crippen molar-refractivity contribution in [1.82, 2.24) is 0 Å². The van der Waals surface area contributed by atoms with Crippen LogP contribution < -0.4 is 5.73 Å². The molecule has 1 rings (SSSR count). The van der Waals surface area contributed by atoms with Crippen molar-refractivity contribution in [2.45, 2.75) is 18.6 Å². The molecule has 0 aliphatic carbocycles. The van der Waals surface area contributed by atoms with Crippen LogP contribution in [0.1, 0.15) is 23.6 Å². The van der Waals surface area contributed by atoms with Crippen LogP contribution in [-0.2, 0) is 6.18 Å². The van der Waals surface area contributed by atoms with E-state index in [9.17, 15) is 17.6 Å². The maximum atomic E-state index is 12.9. The van der Waals surface area contributed by atoms with Crippen LogP contribution in [0.2, 0.25) is 0 Å². The first-order valence-electron chi connectivity index (χ1n) is 4.58. The van der Waals surface area contributed by atoms with Crippen LogP contribution in [0.15, 0.2) is 18.2 Å². The molecule has 1 aromatic carbocycles. The van der Waals surface area contributed by atoms with Gasteiger partial charge in [0, 0.05) is 12.6 Å². The Balaban J connectivity index is 3.08. The van der Waals surface area contributed by atoms with Crippen LogP contribution in [0, 0.1) is 5.82 Å². The summed E-state index contributed by atoms with van der Waals surface area (Å²) in [5.41, 5.74) is 4.45. The van der Waals surface area contributed by atoms with Crippen molar-refractivity contribution < 1.29 is 22.7 Å². The van der Waals surface area contributed by atoms with Crippen LogP contribution in [-0.4, -0.2) is 11.7 Å². The van der Waals surface area contributed by atoms with E-state index in [2.05, 4.69) is 0 Å². The molecule has 0 radical (unpaired) electrons. The molecule has 0 heterocycles. The summed E-state index contributed by atoms with van der Waals surface area (Å²) >= 11 is 0. The van der Waals surface area contributed by atoms with Gasteiger partial charge in [0.25, 0.3) is 0 Å². The predicted octanol–water partition coefficient (Wildman–Crippen LogP) is 2.23. The molecule has 0 aliphatic heterocycles. The van der Waals surface area contributed by atoms with E-state index in [-0.39, 0.29) is 18.6 Å². The fourth-order valence-electron chi connectivity index (χ4n) is 1.30. The highest BCUT2D eigenvalue weighted by atomic mass is 19.4. The van der Waals surface area contributed by atoms with Crippen molar-refractivity contribution in [3.05, 3.63) is 35.1 Å². The Kier molecular flexibility index (Phi) is 3.88. The Morgan fingerprint density at radius 2 is 1.88 bits per heavy atom. The zero-order valence-corrected chi connectivity index (χ0v) is 8.26. The third kappa shape index (κ3) is 3.18. The first-order chi connectivity index (χ1) is 7.34. The molecular weight excluding hydrogens is 226 g/mol. The molecule has 0 bridgehead atoms. The fourth-order valence-corrected chi connectivity index (χ4v) is 1.30. The number of aliphatic hydroxyl groups excluding tert-OH is 1. The minimum Gasteiger partial charge on any atom is -0.396 e. The van der Waals surface area contributed by atoms with Gasteiger partial charge in [-0.25, -0.2) is 4.39 Å². The highest BCUT2D eigenvalue weighted by molar-refractivity contribution is 5.28. The molecule has 0 aliphatic rings. The molecule has 90 valence electrons. The average molecular weight is 237 g/mol. The van der Waals surface area contributed by atoms with E-state index in [0.29, 0.717) is 6.07 Å². The molecule has 6 heteroatoms. The average Bonchev–Trinajstić information content (AvgIpc) is 2.16. The van der Waals surface area contributed by atoms with Gasteiger partial charge in [0.05, 0.1) is 5.56 Å². The number of nitrogens with two attached hydrogens (primary N) is 1. The Morgan fingerprint density at radius 1 is 1.25 bits per heavy atom. The van der Waals surface area contributed by atoms with Crippen LogP contribution in [0.4, 0.5) is 17.6 Å². The van der Waals surface area contributed by atoms with E-state index >= 15 is 0 Å². The van der Waals surface area contributed by atoms with Gasteiger partial charge in [-0.2, -0.15) is 13.2 Å². The molecule has 0 amide bonds. The quantitative estimate of drug-likeness (QED) is 0.792. The zero-order chi connectivity index (χ0) is 12.3. The van der Waals surface area contributed by atoms with Gasteiger partial charge in [0.2, 0.25) is 0 Å². The first-order valence-corrected chi connectivity index (χ1v) is 4.58. The predicted molar refractivity (Wildman–Crippen MR) is 50.0 cm³/mol. The maximum absolute atomic E-state index is 12.9. The van der Waals surface area contributed by atoms with Gasteiger partial charge in [0.15, 0.2) is 0 Å². The summed E-state index contributed by atoms with van der Waals surface area (Å²) in [4.78, 5) is 0. The second kappa shape index (κ2) is 4.80. The van der Waals surface area contributed by atoms with E-state index in [1.807, 2.05) is 0 Å². The van der Waals surface area contributed by atoms with E-state index in [0.717, 1.165) is 12.1 Å². The van der Waals surface area contributed by atoms with Crippen LogP contribution in [0.25, 0.3) is 0 Å². The Bertz CT molecular complexity index is 364. The Labute approximate surface area is 89.7 Å². The number of rotatable bonds is 3. The molecule has 0 fully saturated rings. The van der Waals surface area contributed by atoms with Gasteiger partial charge in [-0.05, 0) is 30.2 Å². The fraction of sp³-hybridized carbons (Fsp3) is 0.400. The zero-order valence-electron chi connectivity index (χ0n) is 8.26. The molecule has 0 aromatic heterocycles. The highest BCUT2D eigenvalue weighted by Gasteiger charge is 2.31. The van der Waals surface area contributed by atoms with Gasteiger partial charge >= 0.3 is 6.18 Å². The molecular formula is C10H11F4NO. The SMILES string of the molecule is N[C@@H](CCO)c1cc(F)cc(C(F)(F)F)c1. The summed E-state index contributed by atoms with van der Waals surface area (Å²) < 4.78 is 50.0. The molecule has 0 unspecified atom stereocenters. The number of halogens is 4. The third-order valence-electron chi connectivity index (χ3n) is 2.12. The van der Waals surface area contributed by atoms with E-state index < -0.39 is 23.6 Å². The maximum Gasteiger partial charge on any atom is 0.416 e. The number of benzene rings is 1. The van der Waals surface area contributed by atoms with E-state index in [1.54, 1.807) is 0 Å². The Hall–Kier alpha value is -1.14. The number of alkyl halides is 3. The summed E-state index contributed by atoms with van der Waals surface area (Å²) in [6.45, 7) is -0.265. The van der Waals surface area contributed by atoms with Gasteiger partial charge in [-0.3, -0.25) is 0 Å². The monoisotopic (exact) mass is 237 g/mol. The summed E-state index contributed by atoms with van der Waals surface area (Å²) in [6, 6.07) is 1.34. The summed E-state index contributed by atoms with van der Waals surface area (Å²) in [6.07, 6.45) is -4.52. The lowest BCUT2D eigenvalue weighted by molar-refractivity contribution is -0.137. The topological polar surface area (TPSA) is 46.2 Å². The lowest BCUT2D eigenvalue weighted by Gasteiger charge is -2.13. The standard InChI is InChI=1S/C10H11F4NO/c11-8-4-6(9(15)1-2-16)3-7(5-8)10(12,13)14/h3-5,9,16H,1-2,15H2/t9-/m0/s1. The lowest BCUT2D eigenvalue weighted by Crippen LogP contribution is -2.14. The van der Waals surface area contributed by atoms with Crippen molar-refractivity contribution in [3.63, 3.8) is 0 Å². The van der Waals surface area contributed by atoms with Gasteiger partial charge < -0.3 is 10.8 Å². The van der Waals surface area contributed by atoms with Gasteiger partial charge in [-0.1, -0.05) is 0 Å². The van der Waals surface area contributed by atoms with Crippen molar-refractivity contribution in [2.24, 2.45) is 5.73 Å². The molecule has 1 atom stereocenters. The molecule has 2 nitrogen and oxygen atoms in total.